The van der Waals surface area contributed by atoms with Gasteiger partial charge in [-0.25, -0.2) is 0 Å². The van der Waals surface area contributed by atoms with E-state index in [1.807, 2.05) is 6.07 Å². The second-order valence-electron chi connectivity index (χ2n) is 3.75. The SMILES string of the molecule is Cc1cccc(C)c1CN(C)C(=O)CCl. The van der Waals surface area contributed by atoms with Crippen molar-refractivity contribution in [3.8, 4) is 0 Å². The molecule has 0 aliphatic rings. The summed E-state index contributed by atoms with van der Waals surface area (Å²) in [5, 5.41) is 0. The van der Waals surface area contributed by atoms with Gasteiger partial charge in [0.05, 0.1) is 0 Å². The van der Waals surface area contributed by atoms with Crippen LogP contribution in [0.4, 0.5) is 0 Å². The first-order valence-corrected chi connectivity index (χ1v) is 5.44. The van der Waals surface area contributed by atoms with Crippen molar-refractivity contribution < 1.29 is 4.79 Å². The highest BCUT2D eigenvalue weighted by Gasteiger charge is 2.10. The average Bonchev–Trinajstić information content (AvgIpc) is 2.22. The van der Waals surface area contributed by atoms with E-state index in [1.54, 1.807) is 11.9 Å². The maximum Gasteiger partial charge on any atom is 0.237 e. The molecule has 0 spiro atoms. The fourth-order valence-electron chi connectivity index (χ4n) is 1.53. The van der Waals surface area contributed by atoms with Gasteiger partial charge in [0, 0.05) is 13.6 Å². The van der Waals surface area contributed by atoms with Crippen LogP contribution in [0.1, 0.15) is 16.7 Å². The van der Waals surface area contributed by atoms with E-state index in [1.165, 1.54) is 16.7 Å². The van der Waals surface area contributed by atoms with Crippen LogP contribution in [0, 0.1) is 13.8 Å². The first-order chi connectivity index (χ1) is 7.06. The molecule has 0 heterocycles. The minimum absolute atomic E-state index is 0.0423. The number of amides is 1. The number of benzene rings is 1. The molecule has 0 aliphatic carbocycles. The van der Waals surface area contributed by atoms with Crippen LogP contribution in [0.3, 0.4) is 0 Å². The summed E-state index contributed by atoms with van der Waals surface area (Å²) >= 11 is 5.50. The second-order valence-corrected chi connectivity index (χ2v) is 4.02. The van der Waals surface area contributed by atoms with Crippen molar-refractivity contribution in [1.82, 2.24) is 4.90 Å². The Bertz CT molecular complexity index is 342. The molecule has 15 heavy (non-hydrogen) atoms. The number of carbonyl (C=O) groups is 1. The number of aryl methyl sites for hydroxylation is 2. The van der Waals surface area contributed by atoms with Gasteiger partial charge in [0.1, 0.15) is 5.88 Å². The van der Waals surface area contributed by atoms with Gasteiger partial charge in [-0.15, -0.1) is 11.6 Å². The molecule has 0 aromatic heterocycles. The number of hydrogen-bond donors (Lipinski definition) is 0. The number of alkyl halides is 1. The molecule has 0 saturated carbocycles. The molecular formula is C12H16ClNO. The molecule has 1 aromatic rings. The van der Waals surface area contributed by atoms with Crippen LogP contribution in [-0.4, -0.2) is 23.7 Å². The third kappa shape index (κ3) is 2.96. The van der Waals surface area contributed by atoms with E-state index < -0.39 is 0 Å². The smallest absolute Gasteiger partial charge is 0.237 e. The zero-order valence-electron chi connectivity index (χ0n) is 9.38. The quantitative estimate of drug-likeness (QED) is 0.724. The Morgan fingerprint density at radius 3 is 2.33 bits per heavy atom. The molecule has 0 N–H and O–H groups in total. The Labute approximate surface area is 95.8 Å². The zero-order valence-corrected chi connectivity index (χ0v) is 10.1. The van der Waals surface area contributed by atoms with Crippen LogP contribution < -0.4 is 0 Å². The van der Waals surface area contributed by atoms with Crippen LogP contribution >= 0.6 is 11.6 Å². The van der Waals surface area contributed by atoms with Crippen LogP contribution in [0.15, 0.2) is 18.2 Å². The summed E-state index contributed by atoms with van der Waals surface area (Å²) in [6, 6.07) is 6.14. The van der Waals surface area contributed by atoms with Gasteiger partial charge >= 0.3 is 0 Å². The highest BCUT2D eigenvalue weighted by Crippen LogP contribution is 2.15. The zero-order chi connectivity index (χ0) is 11.4. The van der Waals surface area contributed by atoms with Crippen LogP contribution in [0.2, 0.25) is 0 Å². The van der Waals surface area contributed by atoms with Crippen LogP contribution in [0.5, 0.6) is 0 Å². The molecule has 0 radical (unpaired) electrons. The standard InChI is InChI=1S/C12H16ClNO/c1-9-5-4-6-10(2)11(9)8-14(3)12(15)7-13/h4-6H,7-8H2,1-3H3. The van der Waals surface area contributed by atoms with E-state index in [9.17, 15) is 4.79 Å². The van der Waals surface area contributed by atoms with Gasteiger partial charge in [0.25, 0.3) is 0 Å². The first-order valence-electron chi connectivity index (χ1n) is 4.91. The maximum absolute atomic E-state index is 11.3. The molecular weight excluding hydrogens is 210 g/mol. The number of hydrogen-bond acceptors (Lipinski definition) is 1. The van der Waals surface area contributed by atoms with Crippen LogP contribution in [0.25, 0.3) is 0 Å². The van der Waals surface area contributed by atoms with E-state index in [2.05, 4.69) is 26.0 Å². The van der Waals surface area contributed by atoms with Crippen molar-refractivity contribution in [3.63, 3.8) is 0 Å². The van der Waals surface area contributed by atoms with Gasteiger partial charge in [0.2, 0.25) is 5.91 Å². The lowest BCUT2D eigenvalue weighted by molar-refractivity contribution is -0.127. The maximum atomic E-state index is 11.3. The summed E-state index contributed by atoms with van der Waals surface area (Å²) in [6.07, 6.45) is 0. The molecule has 0 fully saturated rings. The van der Waals surface area contributed by atoms with Crippen LogP contribution in [-0.2, 0) is 11.3 Å². The summed E-state index contributed by atoms with van der Waals surface area (Å²) in [7, 11) is 1.77. The summed E-state index contributed by atoms with van der Waals surface area (Å²) in [6.45, 7) is 4.74. The molecule has 0 bridgehead atoms. The van der Waals surface area contributed by atoms with E-state index in [-0.39, 0.29) is 11.8 Å². The molecule has 0 atom stereocenters. The lowest BCUT2D eigenvalue weighted by atomic mass is 10.0. The minimum atomic E-state index is -0.0423. The lowest BCUT2D eigenvalue weighted by Gasteiger charge is -2.18. The number of carbonyl (C=O) groups excluding carboxylic acids is 1. The Morgan fingerprint density at radius 2 is 1.87 bits per heavy atom. The number of halogens is 1. The molecule has 82 valence electrons. The summed E-state index contributed by atoms with van der Waals surface area (Å²) in [4.78, 5) is 13.0. The van der Waals surface area contributed by atoms with Crippen molar-refractivity contribution in [2.75, 3.05) is 12.9 Å². The van der Waals surface area contributed by atoms with Crippen molar-refractivity contribution in [2.24, 2.45) is 0 Å². The highest BCUT2D eigenvalue weighted by molar-refractivity contribution is 6.27. The third-order valence-electron chi connectivity index (χ3n) is 2.58. The molecule has 1 rings (SSSR count). The average molecular weight is 226 g/mol. The predicted octanol–water partition coefficient (Wildman–Crippen LogP) is 2.50. The monoisotopic (exact) mass is 225 g/mol. The lowest BCUT2D eigenvalue weighted by Crippen LogP contribution is -2.27. The fourth-order valence-corrected chi connectivity index (χ4v) is 1.73. The molecule has 3 heteroatoms. The van der Waals surface area contributed by atoms with Gasteiger partial charge < -0.3 is 4.90 Å². The van der Waals surface area contributed by atoms with Gasteiger partial charge in [-0.05, 0) is 30.5 Å². The molecule has 0 aliphatic heterocycles. The number of nitrogens with zero attached hydrogens (tertiary/aromatic N) is 1. The predicted molar refractivity (Wildman–Crippen MR) is 63.1 cm³/mol. The Hall–Kier alpha value is -1.02. The first kappa shape index (κ1) is 12.1. The van der Waals surface area contributed by atoms with Crippen molar-refractivity contribution in [2.45, 2.75) is 20.4 Å². The number of rotatable bonds is 3. The topological polar surface area (TPSA) is 20.3 Å². The van der Waals surface area contributed by atoms with Gasteiger partial charge in [-0.3, -0.25) is 4.79 Å². The molecule has 1 aromatic carbocycles. The van der Waals surface area contributed by atoms with E-state index >= 15 is 0 Å². The Morgan fingerprint density at radius 1 is 1.33 bits per heavy atom. The summed E-state index contributed by atoms with van der Waals surface area (Å²) < 4.78 is 0. The molecule has 0 saturated heterocycles. The van der Waals surface area contributed by atoms with Gasteiger partial charge in [-0.1, -0.05) is 18.2 Å². The van der Waals surface area contributed by atoms with Crippen molar-refractivity contribution >= 4 is 17.5 Å². The molecule has 2 nitrogen and oxygen atoms in total. The second kappa shape index (κ2) is 5.17. The van der Waals surface area contributed by atoms with Gasteiger partial charge in [0.15, 0.2) is 0 Å². The van der Waals surface area contributed by atoms with Crippen molar-refractivity contribution in [3.05, 3.63) is 34.9 Å². The third-order valence-corrected chi connectivity index (χ3v) is 2.81. The fraction of sp³-hybridized carbons (Fsp3) is 0.417. The molecule has 1 amide bonds. The van der Waals surface area contributed by atoms with Gasteiger partial charge in [-0.2, -0.15) is 0 Å². The van der Waals surface area contributed by atoms with Crippen molar-refractivity contribution in [1.29, 1.82) is 0 Å². The van der Waals surface area contributed by atoms with E-state index in [0.29, 0.717) is 6.54 Å². The minimum Gasteiger partial charge on any atom is -0.340 e. The Balaban J connectivity index is 2.85. The Kier molecular flexibility index (Phi) is 4.15. The largest absolute Gasteiger partial charge is 0.340 e. The summed E-state index contributed by atoms with van der Waals surface area (Å²) in [5.41, 5.74) is 3.63. The van der Waals surface area contributed by atoms with E-state index in [4.69, 9.17) is 11.6 Å². The molecule has 0 unspecified atom stereocenters. The van der Waals surface area contributed by atoms with E-state index in [0.717, 1.165) is 0 Å². The summed E-state index contributed by atoms with van der Waals surface area (Å²) in [5.74, 6) is 0.000788. The highest BCUT2D eigenvalue weighted by atomic mass is 35.5. The normalized spacial score (nSPS) is 10.1.